The Hall–Kier alpha value is -2.96. The second-order valence-corrected chi connectivity index (χ2v) is 7.20. The van der Waals surface area contributed by atoms with E-state index in [-0.39, 0.29) is 5.91 Å². The molecule has 140 valence electrons. The topological polar surface area (TPSA) is 77.0 Å². The molecule has 0 unspecified atom stereocenters. The predicted octanol–water partition coefficient (Wildman–Crippen LogP) is 2.79. The molecule has 4 heterocycles. The van der Waals surface area contributed by atoms with Crippen LogP contribution >= 0.6 is 0 Å². The Bertz CT molecular complexity index is 955. The van der Waals surface area contributed by atoms with Crippen LogP contribution in [0.5, 0.6) is 0 Å². The normalized spacial score (nSPS) is 16.9. The first kappa shape index (κ1) is 17.5. The van der Waals surface area contributed by atoms with Gasteiger partial charge in [-0.25, -0.2) is 0 Å². The van der Waals surface area contributed by atoms with Gasteiger partial charge in [-0.05, 0) is 50.8 Å². The lowest BCUT2D eigenvalue weighted by atomic mass is 10.0. The van der Waals surface area contributed by atoms with Crippen molar-refractivity contribution in [2.45, 2.75) is 26.7 Å². The summed E-state index contributed by atoms with van der Waals surface area (Å²) in [5, 5.41) is 8.24. The number of nitrogens with zero attached hydrogens (tertiary/aromatic N) is 5. The summed E-state index contributed by atoms with van der Waals surface area (Å²) in [5.74, 6) is 1.20. The Labute approximate surface area is 158 Å². The summed E-state index contributed by atoms with van der Waals surface area (Å²) in [5.41, 5.74) is 4.25. The summed E-state index contributed by atoms with van der Waals surface area (Å²) in [6.07, 6.45) is 3.63. The van der Waals surface area contributed by atoms with Gasteiger partial charge in [0.15, 0.2) is 0 Å². The van der Waals surface area contributed by atoms with Crippen LogP contribution in [-0.2, 0) is 13.5 Å². The number of hydrogen-bond donors (Lipinski definition) is 0. The molecule has 3 aromatic rings. The summed E-state index contributed by atoms with van der Waals surface area (Å²) < 4.78 is 6.92. The maximum Gasteiger partial charge on any atom is 0.274 e. The van der Waals surface area contributed by atoms with Crippen molar-refractivity contribution in [3.63, 3.8) is 0 Å². The molecule has 3 aromatic heterocycles. The Morgan fingerprint density at radius 3 is 2.85 bits per heavy atom. The molecular formula is C20H23N5O2. The highest BCUT2D eigenvalue weighted by molar-refractivity contribution is 5.92. The molecule has 0 aromatic carbocycles. The molecule has 0 saturated carbocycles. The Morgan fingerprint density at radius 2 is 2.15 bits per heavy atom. The van der Waals surface area contributed by atoms with Crippen LogP contribution in [0.25, 0.3) is 11.3 Å². The van der Waals surface area contributed by atoms with Crippen LogP contribution in [0.1, 0.15) is 34.1 Å². The molecule has 27 heavy (non-hydrogen) atoms. The van der Waals surface area contributed by atoms with Gasteiger partial charge < -0.3 is 9.42 Å². The molecule has 0 N–H and O–H groups in total. The van der Waals surface area contributed by atoms with Crippen LogP contribution in [0.15, 0.2) is 35.0 Å². The van der Waals surface area contributed by atoms with E-state index >= 15 is 0 Å². The monoisotopic (exact) mass is 365 g/mol. The van der Waals surface area contributed by atoms with E-state index in [4.69, 9.17) is 9.51 Å². The van der Waals surface area contributed by atoms with E-state index in [0.29, 0.717) is 11.6 Å². The van der Waals surface area contributed by atoms with Gasteiger partial charge in [0.2, 0.25) is 0 Å². The van der Waals surface area contributed by atoms with Gasteiger partial charge in [-0.1, -0.05) is 11.2 Å². The number of rotatable bonds is 4. The van der Waals surface area contributed by atoms with Crippen LogP contribution in [0, 0.1) is 19.8 Å². The summed E-state index contributed by atoms with van der Waals surface area (Å²) >= 11 is 0. The highest BCUT2D eigenvalue weighted by Gasteiger charge is 2.28. The molecule has 0 aliphatic carbocycles. The third-order valence-electron chi connectivity index (χ3n) is 5.10. The van der Waals surface area contributed by atoms with Gasteiger partial charge in [0.25, 0.3) is 5.91 Å². The van der Waals surface area contributed by atoms with Crippen molar-refractivity contribution in [2.24, 2.45) is 13.0 Å². The molecule has 1 aliphatic heterocycles. The zero-order valence-electron chi connectivity index (χ0n) is 15.8. The molecule has 1 fully saturated rings. The summed E-state index contributed by atoms with van der Waals surface area (Å²) in [4.78, 5) is 19.3. The molecule has 0 bridgehead atoms. The quantitative estimate of drug-likeness (QED) is 0.710. The van der Waals surface area contributed by atoms with Crippen molar-refractivity contribution in [2.75, 3.05) is 13.1 Å². The fourth-order valence-corrected chi connectivity index (χ4v) is 3.75. The summed E-state index contributed by atoms with van der Waals surface area (Å²) in [6.45, 7) is 5.34. The van der Waals surface area contributed by atoms with Gasteiger partial charge in [-0.15, -0.1) is 0 Å². The smallest absolute Gasteiger partial charge is 0.274 e. The van der Waals surface area contributed by atoms with E-state index < -0.39 is 0 Å². The number of carbonyl (C=O) groups excluding carboxylic acids is 1. The number of carbonyl (C=O) groups is 1. The number of hydrogen-bond acceptors (Lipinski definition) is 5. The van der Waals surface area contributed by atoms with E-state index in [1.807, 2.05) is 44.0 Å². The van der Waals surface area contributed by atoms with E-state index in [1.165, 1.54) is 0 Å². The minimum absolute atomic E-state index is 0.00975. The van der Waals surface area contributed by atoms with E-state index in [9.17, 15) is 4.79 Å². The van der Waals surface area contributed by atoms with Crippen LogP contribution in [0.4, 0.5) is 0 Å². The lowest BCUT2D eigenvalue weighted by Crippen LogP contribution is -2.29. The van der Waals surface area contributed by atoms with Gasteiger partial charge in [0.1, 0.15) is 11.5 Å². The highest BCUT2D eigenvalue weighted by atomic mass is 16.5. The Kier molecular flexibility index (Phi) is 4.51. The van der Waals surface area contributed by atoms with Crippen molar-refractivity contribution < 1.29 is 9.32 Å². The molecule has 0 radical (unpaired) electrons. The third kappa shape index (κ3) is 3.49. The zero-order chi connectivity index (χ0) is 19.0. The molecule has 1 saturated heterocycles. The zero-order valence-corrected chi connectivity index (χ0v) is 15.8. The Morgan fingerprint density at radius 1 is 1.30 bits per heavy atom. The number of likely N-dealkylation sites (tertiary alicyclic amines) is 1. The fourth-order valence-electron chi connectivity index (χ4n) is 3.75. The molecule has 1 amide bonds. The van der Waals surface area contributed by atoms with E-state index in [1.54, 1.807) is 16.9 Å². The molecule has 1 aliphatic rings. The predicted molar refractivity (Wildman–Crippen MR) is 100 cm³/mol. The summed E-state index contributed by atoms with van der Waals surface area (Å²) in [7, 11) is 1.82. The lowest BCUT2D eigenvalue weighted by Gasteiger charge is -2.15. The highest BCUT2D eigenvalue weighted by Crippen LogP contribution is 2.27. The molecule has 4 rings (SSSR count). The SMILES string of the molecule is Cc1noc(C)c1-c1cccc(C[C@@H]2CCN(C(=O)c3ccn(C)n3)C2)n1. The van der Waals surface area contributed by atoms with Crippen LogP contribution < -0.4 is 0 Å². The third-order valence-corrected chi connectivity index (χ3v) is 5.10. The summed E-state index contributed by atoms with van der Waals surface area (Å²) in [6, 6.07) is 7.83. The minimum atomic E-state index is 0.00975. The molecule has 7 heteroatoms. The first-order chi connectivity index (χ1) is 13.0. The minimum Gasteiger partial charge on any atom is -0.361 e. The van der Waals surface area contributed by atoms with Crippen molar-refractivity contribution >= 4 is 5.91 Å². The van der Waals surface area contributed by atoms with E-state index in [2.05, 4.69) is 10.3 Å². The second-order valence-electron chi connectivity index (χ2n) is 7.20. The van der Waals surface area contributed by atoms with Crippen LogP contribution in [0.3, 0.4) is 0 Å². The average Bonchev–Trinajstić information content (AvgIpc) is 3.36. The Balaban J connectivity index is 1.45. The van der Waals surface area contributed by atoms with Gasteiger partial charge >= 0.3 is 0 Å². The first-order valence-corrected chi connectivity index (χ1v) is 9.19. The molecule has 0 spiro atoms. The maximum atomic E-state index is 12.6. The van der Waals surface area contributed by atoms with Crippen molar-refractivity contribution in [1.29, 1.82) is 0 Å². The van der Waals surface area contributed by atoms with E-state index in [0.717, 1.165) is 54.3 Å². The standard InChI is InChI=1S/C20H23N5O2/c1-13-19(14(2)27-23-13)17-6-4-5-16(21-17)11-15-7-10-25(12-15)20(26)18-8-9-24(3)22-18/h4-6,8-9,15H,7,10-12H2,1-3H3/t15-/m0/s1. The largest absolute Gasteiger partial charge is 0.361 e. The van der Waals surface area contributed by atoms with Gasteiger partial charge in [-0.2, -0.15) is 5.10 Å². The van der Waals surface area contributed by atoms with Gasteiger partial charge in [0.05, 0.1) is 17.0 Å². The fraction of sp³-hybridized carbons (Fsp3) is 0.400. The average molecular weight is 365 g/mol. The van der Waals surface area contributed by atoms with Gasteiger partial charge in [0, 0.05) is 32.0 Å². The molecular weight excluding hydrogens is 342 g/mol. The first-order valence-electron chi connectivity index (χ1n) is 9.19. The number of amides is 1. The number of pyridine rings is 1. The van der Waals surface area contributed by atoms with Crippen LogP contribution in [0.2, 0.25) is 0 Å². The van der Waals surface area contributed by atoms with Crippen molar-refractivity contribution in [1.82, 2.24) is 24.8 Å². The maximum absolute atomic E-state index is 12.6. The second kappa shape index (κ2) is 6.98. The number of aryl methyl sites for hydroxylation is 3. The van der Waals surface area contributed by atoms with Crippen molar-refractivity contribution in [3.05, 3.63) is 53.3 Å². The van der Waals surface area contributed by atoms with Crippen molar-refractivity contribution in [3.8, 4) is 11.3 Å². The number of aromatic nitrogens is 4. The molecule has 7 nitrogen and oxygen atoms in total. The van der Waals surface area contributed by atoms with Gasteiger partial charge in [-0.3, -0.25) is 14.5 Å². The molecule has 1 atom stereocenters. The van der Waals surface area contributed by atoms with Crippen LogP contribution in [-0.4, -0.2) is 43.8 Å². The lowest BCUT2D eigenvalue weighted by molar-refractivity contribution is 0.0780.